The van der Waals surface area contributed by atoms with Crippen LogP contribution in [0.5, 0.6) is 0 Å². The van der Waals surface area contributed by atoms with Crippen molar-refractivity contribution in [3.8, 4) is 0 Å². The average molecular weight is 424 g/mol. The minimum atomic E-state index is -0.215. The quantitative estimate of drug-likeness (QED) is 0.753. The van der Waals surface area contributed by atoms with Crippen molar-refractivity contribution in [3.05, 3.63) is 71.0 Å². The number of rotatable bonds is 6. The van der Waals surface area contributed by atoms with Gasteiger partial charge in [-0.2, -0.15) is 0 Å². The van der Waals surface area contributed by atoms with Crippen LogP contribution in [0.2, 0.25) is 0 Å². The van der Waals surface area contributed by atoms with Gasteiger partial charge in [-0.3, -0.25) is 9.69 Å². The topological polar surface area (TPSA) is 35.6 Å². The molecular weight excluding hydrogens is 389 g/mol. The fourth-order valence-electron chi connectivity index (χ4n) is 4.89. The molecule has 0 bridgehead atoms. The van der Waals surface area contributed by atoms with Crippen LogP contribution in [0.25, 0.3) is 0 Å². The number of aryl methyl sites for hydroxylation is 1. The number of amides is 1. The molecule has 166 valence electrons. The van der Waals surface area contributed by atoms with E-state index in [2.05, 4.69) is 41.4 Å². The number of carbonyl (C=O) groups excluding carboxylic acids is 1. The second-order valence-electron chi connectivity index (χ2n) is 9.00. The van der Waals surface area contributed by atoms with E-state index in [1.54, 1.807) is 0 Å². The molecule has 1 saturated heterocycles. The third kappa shape index (κ3) is 5.72. The number of carbonyl (C=O) groups is 1. The van der Waals surface area contributed by atoms with Gasteiger partial charge in [0.05, 0.1) is 12.6 Å². The summed E-state index contributed by atoms with van der Waals surface area (Å²) in [5, 5.41) is 3.47. The van der Waals surface area contributed by atoms with Gasteiger partial charge >= 0.3 is 0 Å². The summed E-state index contributed by atoms with van der Waals surface area (Å²) in [7, 11) is 0. The molecule has 1 saturated carbocycles. The summed E-state index contributed by atoms with van der Waals surface area (Å²) < 4.78 is 13.5. The van der Waals surface area contributed by atoms with Crippen molar-refractivity contribution in [2.45, 2.75) is 51.1 Å². The standard InChI is InChI=1S/C26H34FN3O/c1-20-7-9-21(10-8-20)26(22-11-13-23(27)14-12-22)30-17-15-29(16-18-30)25(31)19-28-24-5-3-2-4-6-24/h7-14,24,26,28H,2-6,15-19H2,1H3. The molecule has 0 radical (unpaired) electrons. The predicted molar refractivity (Wildman–Crippen MR) is 122 cm³/mol. The summed E-state index contributed by atoms with van der Waals surface area (Å²) in [6, 6.07) is 16.0. The minimum absolute atomic E-state index is 0.0683. The van der Waals surface area contributed by atoms with Crippen molar-refractivity contribution in [1.29, 1.82) is 0 Å². The van der Waals surface area contributed by atoms with Gasteiger partial charge in [0.15, 0.2) is 0 Å². The molecule has 1 amide bonds. The Labute approximate surface area is 185 Å². The van der Waals surface area contributed by atoms with Crippen molar-refractivity contribution in [2.24, 2.45) is 0 Å². The smallest absolute Gasteiger partial charge is 0.236 e. The molecule has 1 N–H and O–H groups in total. The van der Waals surface area contributed by atoms with Crippen molar-refractivity contribution >= 4 is 5.91 Å². The zero-order valence-corrected chi connectivity index (χ0v) is 18.5. The zero-order chi connectivity index (χ0) is 21.6. The Balaban J connectivity index is 1.39. The third-order valence-corrected chi connectivity index (χ3v) is 6.76. The summed E-state index contributed by atoms with van der Waals surface area (Å²) in [6.45, 7) is 5.62. The Kier molecular flexibility index (Phi) is 7.36. The van der Waals surface area contributed by atoms with Crippen LogP contribution in [0.15, 0.2) is 48.5 Å². The van der Waals surface area contributed by atoms with Gasteiger partial charge in [-0.15, -0.1) is 0 Å². The first kappa shape index (κ1) is 22.0. The Hall–Kier alpha value is -2.24. The van der Waals surface area contributed by atoms with E-state index in [1.807, 2.05) is 17.0 Å². The van der Waals surface area contributed by atoms with E-state index in [0.717, 1.165) is 31.7 Å². The van der Waals surface area contributed by atoms with Crippen LogP contribution < -0.4 is 5.32 Å². The normalized spacial score (nSPS) is 19.4. The van der Waals surface area contributed by atoms with Crippen molar-refractivity contribution in [3.63, 3.8) is 0 Å². The lowest BCUT2D eigenvalue weighted by atomic mass is 9.95. The van der Waals surface area contributed by atoms with Crippen LogP contribution in [0.1, 0.15) is 54.8 Å². The zero-order valence-electron chi connectivity index (χ0n) is 18.5. The highest BCUT2D eigenvalue weighted by atomic mass is 19.1. The molecule has 1 aliphatic heterocycles. The molecule has 4 nitrogen and oxygen atoms in total. The Morgan fingerprint density at radius 2 is 1.52 bits per heavy atom. The summed E-state index contributed by atoms with van der Waals surface area (Å²) >= 11 is 0. The molecule has 0 spiro atoms. The maximum atomic E-state index is 13.5. The average Bonchev–Trinajstić information content (AvgIpc) is 2.81. The van der Waals surface area contributed by atoms with Gasteiger partial charge in [-0.05, 0) is 43.0 Å². The Morgan fingerprint density at radius 1 is 0.935 bits per heavy atom. The van der Waals surface area contributed by atoms with E-state index < -0.39 is 0 Å². The minimum Gasteiger partial charge on any atom is -0.339 e. The highest BCUT2D eigenvalue weighted by Gasteiger charge is 2.28. The van der Waals surface area contributed by atoms with Crippen LogP contribution >= 0.6 is 0 Å². The fourth-order valence-corrected chi connectivity index (χ4v) is 4.89. The van der Waals surface area contributed by atoms with E-state index >= 15 is 0 Å². The van der Waals surface area contributed by atoms with Crippen molar-refractivity contribution in [2.75, 3.05) is 32.7 Å². The molecule has 31 heavy (non-hydrogen) atoms. The molecule has 5 heteroatoms. The number of hydrogen-bond donors (Lipinski definition) is 1. The number of nitrogens with one attached hydrogen (secondary N) is 1. The Bertz CT molecular complexity index is 792. The van der Waals surface area contributed by atoms with Crippen LogP contribution in [0.4, 0.5) is 4.39 Å². The van der Waals surface area contributed by atoms with Gasteiger partial charge < -0.3 is 10.2 Å². The highest BCUT2D eigenvalue weighted by Crippen LogP contribution is 2.30. The fraction of sp³-hybridized carbons (Fsp3) is 0.500. The molecule has 2 aromatic carbocycles. The number of hydrogen-bond acceptors (Lipinski definition) is 3. The second kappa shape index (κ2) is 10.4. The lowest BCUT2D eigenvalue weighted by Crippen LogP contribution is -2.52. The SMILES string of the molecule is Cc1ccc(C(c2ccc(F)cc2)N2CCN(C(=O)CNC3CCCCC3)CC2)cc1. The molecule has 1 aliphatic carbocycles. The first-order chi connectivity index (χ1) is 15.1. The molecule has 1 heterocycles. The van der Waals surface area contributed by atoms with Gasteiger partial charge in [-0.1, -0.05) is 61.2 Å². The molecule has 2 aromatic rings. The van der Waals surface area contributed by atoms with Crippen LogP contribution in [0, 0.1) is 12.7 Å². The summed E-state index contributed by atoms with van der Waals surface area (Å²) in [6.07, 6.45) is 6.25. The van der Waals surface area contributed by atoms with Crippen LogP contribution in [-0.4, -0.2) is 54.5 Å². The third-order valence-electron chi connectivity index (χ3n) is 6.76. The van der Waals surface area contributed by atoms with Crippen molar-refractivity contribution in [1.82, 2.24) is 15.1 Å². The van der Waals surface area contributed by atoms with Gasteiger partial charge in [-0.25, -0.2) is 4.39 Å². The van der Waals surface area contributed by atoms with Crippen molar-refractivity contribution < 1.29 is 9.18 Å². The molecule has 0 aromatic heterocycles. The van der Waals surface area contributed by atoms with Gasteiger partial charge in [0.2, 0.25) is 5.91 Å². The largest absolute Gasteiger partial charge is 0.339 e. The van der Waals surface area contributed by atoms with Gasteiger partial charge in [0.25, 0.3) is 0 Å². The first-order valence-corrected chi connectivity index (χ1v) is 11.7. The maximum absolute atomic E-state index is 13.5. The summed E-state index contributed by atoms with van der Waals surface area (Å²) in [5.74, 6) is -0.00817. The predicted octanol–water partition coefficient (Wildman–Crippen LogP) is 4.29. The molecule has 4 rings (SSSR count). The second-order valence-corrected chi connectivity index (χ2v) is 9.00. The lowest BCUT2D eigenvalue weighted by Gasteiger charge is -2.40. The van der Waals surface area contributed by atoms with Gasteiger partial charge in [0, 0.05) is 32.2 Å². The van der Waals surface area contributed by atoms with Gasteiger partial charge in [0.1, 0.15) is 5.82 Å². The van der Waals surface area contributed by atoms with E-state index in [-0.39, 0.29) is 17.8 Å². The number of benzene rings is 2. The number of halogens is 1. The molecular formula is C26H34FN3O. The first-order valence-electron chi connectivity index (χ1n) is 11.7. The molecule has 2 fully saturated rings. The number of piperazine rings is 1. The molecule has 1 unspecified atom stereocenters. The van der Waals surface area contributed by atoms with E-state index in [1.165, 1.54) is 55.4 Å². The van der Waals surface area contributed by atoms with E-state index in [4.69, 9.17) is 0 Å². The summed E-state index contributed by atoms with van der Waals surface area (Å²) in [5.41, 5.74) is 3.52. The van der Waals surface area contributed by atoms with Crippen LogP contribution in [-0.2, 0) is 4.79 Å². The highest BCUT2D eigenvalue weighted by molar-refractivity contribution is 5.78. The molecule has 1 atom stereocenters. The van der Waals surface area contributed by atoms with Crippen LogP contribution in [0.3, 0.4) is 0 Å². The van der Waals surface area contributed by atoms with E-state index in [9.17, 15) is 9.18 Å². The lowest BCUT2D eigenvalue weighted by molar-refractivity contribution is -0.132. The van der Waals surface area contributed by atoms with E-state index in [0.29, 0.717) is 12.6 Å². The maximum Gasteiger partial charge on any atom is 0.236 e. The monoisotopic (exact) mass is 423 g/mol. The number of nitrogens with zero attached hydrogens (tertiary/aromatic N) is 2. The summed E-state index contributed by atoms with van der Waals surface area (Å²) in [4.78, 5) is 17.1. The molecule has 2 aliphatic rings. The Morgan fingerprint density at radius 3 is 2.13 bits per heavy atom.